The number of ether oxygens (including phenoxy) is 1. The molecule has 0 aliphatic carbocycles. The molecule has 0 aromatic carbocycles. The number of nitrogens with two attached hydrogens (primary N) is 1. The molecule has 0 fully saturated rings. The van der Waals surface area contributed by atoms with E-state index in [0.29, 0.717) is 18.3 Å². The number of nitrogens with zero attached hydrogens (tertiary/aromatic N) is 3. The highest BCUT2D eigenvalue weighted by Crippen LogP contribution is 2.13. The lowest BCUT2D eigenvalue weighted by molar-refractivity contribution is 0.297. The van der Waals surface area contributed by atoms with Crippen LogP contribution in [0.2, 0.25) is 0 Å². The summed E-state index contributed by atoms with van der Waals surface area (Å²) >= 11 is 1.64. The van der Waals surface area contributed by atoms with E-state index in [1.165, 1.54) is 17.3 Å². The van der Waals surface area contributed by atoms with Gasteiger partial charge in [0.1, 0.15) is 0 Å². The van der Waals surface area contributed by atoms with Gasteiger partial charge in [0, 0.05) is 11.3 Å². The first-order valence-electron chi connectivity index (χ1n) is 4.85. The monoisotopic (exact) mass is 236 g/mol. The van der Waals surface area contributed by atoms with Crippen LogP contribution in [0.5, 0.6) is 6.01 Å². The Morgan fingerprint density at radius 2 is 2.06 bits per heavy atom. The Kier molecular flexibility index (Phi) is 3.31. The SMILES string of the molecule is Cc1ncsc1CCOc1ncc(N)cn1. The van der Waals surface area contributed by atoms with Crippen LogP contribution in [0.4, 0.5) is 5.69 Å². The van der Waals surface area contributed by atoms with E-state index in [4.69, 9.17) is 10.5 Å². The summed E-state index contributed by atoms with van der Waals surface area (Å²) in [5, 5.41) is 0. The van der Waals surface area contributed by atoms with Crippen molar-refractivity contribution in [1.82, 2.24) is 15.0 Å². The minimum absolute atomic E-state index is 0.358. The van der Waals surface area contributed by atoms with Crippen molar-refractivity contribution in [1.29, 1.82) is 0 Å². The molecule has 0 saturated carbocycles. The molecule has 2 N–H and O–H groups in total. The van der Waals surface area contributed by atoms with Gasteiger partial charge in [-0.15, -0.1) is 11.3 Å². The summed E-state index contributed by atoms with van der Waals surface area (Å²) in [5.74, 6) is 0. The van der Waals surface area contributed by atoms with E-state index in [-0.39, 0.29) is 0 Å². The zero-order chi connectivity index (χ0) is 11.4. The average molecular weight is 236 g/mol. The molecule has 0 saturated heterocycles. The van der Waals surface area contributed by atoms with Crippen LogP contribution in [0.3, 0.4) is 0 Å². The normalized spacial score (nSPS) is 10.3. The van der Waals surface area contributed by atoms with Crippen molar-refractivity contribution in [2.45, 2.75) is 13.3 Å². The van der Waals surface area contributed by atoms with Gasteiger partial charge in [0.25, 0.3) is 0 Å². The molecular formula is C10H12N4OS. The van der Waals surface area contributed by atoms with Crippen LogP contribution < -0.4 is 10.5 Å². The van der Waals surface area contributed by atoms with Crippen molar-refractivity contribution in [3.05, 3.63) is 28.5 Å². The second-order valence-corrected chi connectivity index (χ2v) is 4.20. The quantitative estimate of drug-likeness (QED) is 0.869. The molecule has 0 bridgehead atoms. The first-order valence-corrected chi connectivity index (χ1v) is 5.73. The number of rotatable bonds is 4. The van der Waals surface area contributed by atoms with E-state index < -0.39 is 0 Å². The van der Waals surface area contributed by atoms with Gasteiger partial charge >= 0.3 is 6.01 Å². The highest BCUT2D eigenvalue weighted by Gasteiger charge is 2.02. The molecule has 6 heteroatoms. The molecule has 2 aromatic rings. The molecule has 5 nitrogen and oxygen atoms in total. The average Bonchev–Trinajstić information content (AvgIpc) is 2.68. The van der Waals surface area contributed by atoms with Gasteiger partial charge in [0.15, 0.2) is 0 Å². The van der Waals surface area contributed by atoms with Gasteiger partial charge in [0.2, 0.25) is 0 Å². The number of anilines is 1. The second kappa shape index (κ2) is 4.89. The van der Waals surface area contributed by atoms with Crippen LogP contribution in [0.1, 0.15) is 10.6 Å². The highest BCUT2D eigenvalue weighted by atomic mass is 32.1. The third kappa shape index (κ3) is 2.66. The number of hydrogen-bond donors (Lipinski definition) is 1. The van der Waals surface area contributed by atoms with Crippen LogP contribution in [-0.2, 0) is 6.42 Å². The van der Waals surface area contributed by atoms with Crippen molar-refractivity contribution >= 4 is 17.0 Å². The maximum absolute atomic E-state index is 5.47. The first-order chi connectivity index (χ1) is 7.75. The Hall–Kier alpha value is -1.69. The Labute approximate surface area is 97.3 Å². The summed E-state index contributed by atoms with van der Waals surface area (Å²) in [6.45, 7) is 2.54. The molecule has 0 aliphatic rings. The van der Waals surface area contributed by atoms with Crippen molar-refractivity contribution in [2.75, 3.05) is 12.3 Å². The van der Waals surface area contributed by atoms with Crippen molar-refractivity contribution in [3.63, 3.8) is 0 Å². The molecule has 16 heavy (non-hydrogen) atoms. The molecular weight excluding hydrogens is 224 g/mol. The van der Waals surface area contributed by atoms with Gasteiger partial charge in [0.05, 0.1) is 35.9 Å². The summed E-state index contributed by atoms with van der Waals surface area (Å²) in [4.78, 5) is 13.3. The Morgan fingerprint density at radius 3 is 2.69 bits per heavy atom. The number of aromatic nitrogens is 3. The van der Waals surface area contributed by atoms with E-state index in [2.05, 4.69) is 15.0 Å². The van der Waals surface area contributed by atoms with Crippen molar-refractivity contribution in [3.8, 4) is 6.01 Å². The number of nitrogen functional groups attached to an aromatic ring is 1. The third-order valence-corrected chi connectivity index (χ3v) is 3.05. The van der Waals surface area contributed by atoms with Crippen LogP contribution in [0.15, 0.2) is 17.9 Å². The Morgan fingerprint density at radius 1 is 1.31 bits per heavy atom. The summed E-state index contributed by atoms with van der Waals surface area (Å²) in [6, 6.07) is 0.358. The topological polar surface area (TPSA) is 73.9 Å². The largest absolute Gasteiger partial charge is 0.463 e. The van der Waals surface area contributed by atoms with Crippen molar-refractivity contribution in [2.24, 2.45) is 0 Å². The summed E-state index contributed by atoms with van der Waals surface area (Å²) in [6.07, 6.45) is 3.88. The predicted octanol–water partition coefficient (Wildman–Crippen LogP) is 1.45. The van der Waals surface area contributed by atoms with Gasteiger partial charge in [-0.3, -0.25) is 0 Å². The first kappa shape index (κ1) is 10.8. The van der Waals surface area contributed by atoms with E-state index in [1.54, 1.807) is 11.3 Å². The lowest BCUT2D eigenvalue weighted by Crippen LogP contribution is -2.04. The van der Waals surface area contributed by atoms with Gasteiger partial charge in [-0.2, -0.15) is 0 Å². The van der Waals surface area contributed by atoms with E-state index >= 15 is 0 Å². The zero-order valence-corrected chi connectivity index (χ0v) is 9.70. The van der Waals surface area contributed by atoms with Gasteiger partial charge in [-0.25, -0.2) is 15.0 Å². The van der Waals surface area contributed by atoms with Crippen LogP contribution in [-0.4, -0.2) is 21.6 Å². The molecule has 0 radical (unpaired) electrons. The van der Waals surface area contributed by atoms with Gasteiger partial charge in [-0.1, -0.05) is 0 Å². The molecule has 0 amide bonds. The summed E-state index contributed by atoms with van der Waals surface area (Å²) in [7, 11) is 0. The third-order valence-electron chi connectivity index (χ3n) is 2.05. The number of hydrogen-bond acceptors (Lipinski definition) is 6. The predicted molar refractivity (Wildman–Crippen MR) is 62.5 cm³/mol. The molecule has 2 rings (SSSR count). The minimum atomic E-state index is 0.358. The van der Waals surface area contributed by atoms with E-state index in [9.17, 15) is 0 Å². The molecule has 0 aliphatic heterocycles. The molecule has 0 unspecified atom stereocenters. The van der Waals surface area contributed by atoms with E-state index in [1.807, 2.05) is 12.4 Å². The molecule has 0 spiro atoms. The number of aryl methyl sites for hydroxylation is 1. The zero-order valence-electron chi connectivity index (χ0n) is 8.88. The number of thiazole rings is 1. The van der Waals surface area contributed by atoms with Gasteiger partial charge in [-0.05, 0) is 6.92 Å². The summed E-state index contributed by atoms with van der Waals surface area (Å²) < 4.78 is 5.39. The highest BCUT2D eigenvalue weighted by molar-refractivity contribution is 7.09. The van der Waals surface area contributed by atoms with E-state index in [0.717, 1.165) is 12.1 Å². The molecule has 2 heterocycles. The minimum Gasteiger partial charge on any atom is -0.463 e. The molecule has 0 atom stereocenters. The van der Waals surface area contributed by atoms with Crippen molar-refractivity contribution < 1.29 is 4.74 Å². The fourth-order valence-corrected chi connectivity index (χ4v) is 1.96. The maximum Gasteiger partial charge on any atom is 0.316 e. The molecule has 84 valence electrons. The van der Waals surface area contributed by atoms with Gasteiger partial charge < -0.3 is 10.5 Å². The maximum atomic E-state index is 5.47. The fourth-order valence-electron chi connectivity index (χ4n) is 1.20. The fraction of sp³-hybridized carbons (Fsp3) is 0.300. The lowest BCUT2D eigenvalue weighted by atomic mass is 10.3. The van der Waals surface area contributed by atoms with Crippen LogP contribution >= 0.6 is 11.3 Å². The Balaban J connectivity index is 1.84. The standard InChI is InChI=1S/C10H12N4OS/c1-7-9(16-6-14-7)2-3-15-10-12-4-8(11)5-13-10/h4-6H,2-3,11H2,1H3. The Bertz CT molecular complexity index is 454. The van der Waals surface area contributed by atoms with Crippen LogP contribution in [0, 0.1) is 6.92 Å². The second-order valence-electron chi connectivity index (χ2n) is 3.26. The lowest BCUT2D eigenvalue weighted by Gasteiger charge is -2.03. The smallest absolute Gasteiger partial charge is 0.316 e. The molecule has 2 aromatic heterocycles. The van der Waals surface area contributed by atoms with Crippen LogP contribution in [0.25, 0.3) is 0 Å². The summed E-state index contributed by atoms with van der Waals surface area (Å²) in [5.41, 5.74) is 8.90.